The Morgan fingerprint density at radius 3 is 2.67 bits per heavy atom. The minimum atomic E-state index is -0.314. The highest BCUT2D eigenvalue weighted by Gasteiger charge is 2.21. The third-order valence-corrected chi connectivity index (χ3v) is 2.65. The Morgan fingerprint density at radius 2 is 2.06 bits per heavy atom. The maximum Gasteiger partial charge on any atom is 0.255 e. The molecule has 0 atom stereocenters. The molecule has 0 radical (unpaired) electrons. The van der Waals surface area contributed by atoms with Gasteiger partial charge in [0.15, 0.2) is 0 Å². The standard InChI is InChI=1S/C14H22N2O2/c1-4-18-12-8-6-5-7-11(12)13(17)16-14(2,3)9-10-15/h5-8H,4,9-10,15H2,1-3H3,(H,16,17). The van der Waals surface area contributed by atoms with E-state index >= 15 is 0 Å². The second kappa shape index (κ2) is 6.40. The van der Waals surface area contributed by atoms with Crippen molar-refractivity contribution in [3.8, 4) is 5.75 Å². The van der Waals surface area contributed by atoms with Crippen LogP contribution in [0.1, 0.15) is 37.6 Å². The van der Waals surface area contributed by atoms with Crippen molar-refractivity contribution < 1.29 is 9.53 Å². The van der Waals surface area contributed by atoms with Crippen molar-refractivity contribution in [2.75, 3.05) is 13.2 Å². The number of carbonyl (C=O) groups excluding carboxylic acids is 1. The highest BCUT2D eigenvalue weighted by molar-refractivity contribution is 5.97. The minimum absolute atomic E-state index is 0.127. The summed E-state index contributed by atoms with van der Waals surface area (Å²) >= 11 is 0. The maximum atomic E-state index is 12.2. The molecule has 3 N–H and O–H groups in total. The van der Waals surface area contributed by atoms with E-state index in [2.05, 4.69) is 5.32 Å². The molecule has 0 aromatic heterocycles. The number of rotatable bonds is 6. The second-order valence-electron chi connectivity index (χ2n) is 4.81. The van der Waals surface area contributed by atoms with Crippen molar-refractivity contribution in [2.24, 2.45) is 5.73 Å². The summed E-state index contributed by atoms with van der Waals surface area (Å²) in [4.78, 5) is 12.2. The van der Waals surface area contributed by atoms with Gasteiger partial charge in [0.25, 0.3) is 5.91 Å². The van der Waals surface area contributed by atoms with Crippen molar-refractivity contribution in [1.82, 2.24) is 5.32 Å². The molecule has 0 aliphatic rings. The number of carbonyl (C=O) groups is 1. The van der Waals surface area contributed by atoms with E-state index in [4.69, 9.17) is 10.5 Å². The van der Waals surface area contributed by atoms with Crippen LogP contribution in [-0.4, -0.2) is 24.6 Å². The first kappa shape index (κ1) is 14.5. The van der Waals surface area contributed by atoms with Gasteiger partial charge in [0.1, 0.15) is 5.75 Å². The lowest BCUT2D eigenvalue weighted by atomic mass is 10.00. The van der Waals surface area contributed by atoms with E-state index in [1.807, 2.05) is 32.9 Å². The lowest BCUT2D eigenvalue weighted by molar-refractivity contribution is 0.0906. The summed E-state index contributed by atoms with van der Waals surface area (Å²) in [7, 11) is 0. The first-order valence-corrected chi connectivity index (χ1v) is 6.24. The number of ether oxygens (including phenoxy) is 1. The normalized spacial score (nSPS) is 11.1. The van der Waals surface area contributed by atoms with E-state index in [0.717, 1.165) is 6.42 Å². The van der Waals surface area contributed by atoms with Gasteiger partial charge in [-0.2, -0.15) is 0 Å². The van der Waals surface area contributed by atoms with E-state index in [9.17, 15) is 4.79 Å². The quantitative estimate of drug-likeness (QED) is 0.811. The lowest BCUT2D eigenvalue weighted by Crippen LogP contribution is -2.44. The average molecular weight is 250 g/mol. The largest absolute Gasteiger partial charge is 0.493 e. The zero-order valence-electron chi connectivity index (χ0n) is 11.3. The molecule has 1 aromatic rings. The summed E-state index contributed by atoms with van der Waals surface area (Å²) in [5, 5.41) is 2.97. The molecular weight excluding hydrogens is 228 g/mol. The minimum Gasteiger partial charge on any atom is -0.493 e. The Labute approximate surface area is 109 Å². The van der Waals surface area contributed by atoms with E-state index in [-0.39, 0.29) is 11.4 Å². The van der Waals surface area contributed by atoms with Gasteiger partial charge >= 0.3 is 0 Å². The van der Waals surface area contributed by atoms with Crippen LogP contribution in [-0.2, 0) is 0 Å². The summed E-state index contributed by atoms with van der Waals surface area (Å²) < 4.78 is 5.45. The van der Waals surface area contributed by atoms with Crippen molar-refractivity contribution in [1.29, 1.82) is 0 Å². The number of hydrogen-bond donors (Lipinski definition) is 2. The fourth-order valence-corrected chi connectivity index (χ4v) is 1.73. The molecule has 1 rings (SSSR count). The van der Waals surface area contributed by atoms with Gasteiger partial charge in [0, 0.05) is 5.54 Å². The van der Waals surface area contributed by atoms with Gasteiger partial charge in [-0.15, -0.1) is 0 Å². The Balaban J connectivity index is 2.84. The Hall–Kier alpha value is -1.55. The highest BCUT2D eigenvalue weighted by atomic mass is 16.5. The molecule has 0 bridgehead atoms. The number of amides is 1. The van der Waals surface area contributed by atoms with Crippen LogP contribution in [0.25, 0.3) is 0 Å². The van der Waals surface area contributed by atoms with Crippen LogP contribution < -0.4 is 15.8 Å². The summed E-state index contributed by atoms with van der Waals surface area (Å²) in [5.74, 6) is 0.485. The lowest BCUT2D eigenvalue weighted by Gasteiger charge is -2.26. The molecule has 100 valence electrons. The third kappa shape index (κ3) is 4.04. The van der Waals surface area contributed by atoms with Gasteiger partial charge < -0.3 is 15.8 Å². The molecule has 0 spiro atoms. The van der Waals surface area contributed by atoms with Crippen LogP contribution in [0.5, 0.6) is 5.75 Å². The van der Waals surface area contributed by atoms with E-state index in [0.29, 0.717) is 24.5 Å². The molecular formula is C14H22N2O2. The molecule has 1 amide bonds. The SMILES string of the molecule is CCOc1ccccc1C(=O)NC(C)(C)CCN. The van der Waals surface area contributed by atoms with Gasteiger partial charge in [-0.3, -0.25) is 4.79 Å². The monoisotopic (exact) mass is 250 g/mol. The second-order valence-corrected chi connectivity index (χ2v) is 4.81. The molecule has 0 aliphatic heterocycles. The summed E-state index contributed by atoms with van der Waals surface area (Å²) in [6, 6.07) is 7.24. The molecule has 0 saturated carbocycles. The predicted octanol–water partition coefficient (Wildman–Crippen LogP) is 1.94. The zero-order chi connectivity index (χ0) is 13.6. The van der Waals surface area contributed by atoms with Crippen LogP contribution >= 0.6 is 0 Å². The molecule has 0 aliphatic carbocycles. The smallest absolute Gasteiger partial charge is 0.255 e. The fourth-order valence-electron chi connectivity index (χ4n) is 1.73. The molecule has 0 saturated heterocycles. The van der Waals surface area contributed by atoms with Gasteiger partial charge in [0.2, 0.25) is 0 Å². The first-order valence-electron chi connectivity index (χ1n) is 6.24. The highest BCUT2D eigenvalue weighted by Crippen LogP contribution is 2.19. The van der Waals surface area contributed by atoms with Gasteiger partial charge in [-0.05, 0) is 45.9 Å². The molecule has 0 unspecified atom stereocenters. The number of hydrogen-bond acceptors (Lipinski definition) is 3. The Morgan fingerprint density at radius 1 is 1.39 bits per heavy atom. The molecule has 1 aromatic carbocycles. The number of para-hydroxylation sites is 1. The molecule has 4 heteroatoms. The number of benzene rings is 1. The van der Waals surface area contributed by atoms with Crippen molar-refractivity contribution in [2.45, 2.75) is 32.7 Å². The molecule has 0 heterocycles. The molecule has 18 heavy (non-hydrogen) atoms. The average Bonchev–Trinajstić information content (AvgIpc) is 2.29. The van der Waals surface area contributed by atoms with Crippen LogP contribution in [0.2, 0.25) is 0 Å². The van der Waals surface area contributed by atoms with Crippen LogP contribution in [0.4, 0.5) is 0 Å². The molecule has 4 nitrogen and oxygen atoms in total. The van der Waals surface area contributed by atoms with E-state index < -0.39 is 0 Å². The number of nitrogens with one attached hydrogen (secondary N) is 1. The topological polar surface area (TPSA) is 64.3 Å². The molecule has 0 fully saturated rings. The van der Waals surface area contributed by atoms with Crippen LogP contribution in [0.15, 0.2) is 24.3 Å². The van der Waals surface area contributed by atoms with Crippen LogP contribution in [0.3, 0.4) is 0 Å². The first-order chi connectivity index (χ1) is 8.50. The van der Waals surface area contributed by atoms with Crippen molar-refractivity contribution >= 4 is 5.91 Å². The van der Waals surface area contributed by atoms with E-state index in [1.165, 1.54) is 0 Å². The van der Waals surface area contributed by atoms with Crippen molar-refractivity contribution in [3.05, 3.63) is 29.8 Å². The van der Waals surface area contributed by atoms with Gasteiger partial charge in [-0.25, -0.2) is 0 Å². The fraction of sp³-hybridized carbons (Fsp3) is 0.500. The Bertz CT molecular complexity index is 403. The third-order valence-electron chi connectivity index (χ3n) is 2.65. The van der Waals surface area contributed by atoms with E-state index in [1.54, 1.807) is 12.1 Å². The Kier molecular flexibility index (Phi) is 5.16. The van der Waals surface area contributed by atoms with Crippen LogP contribution in [0, 0.1) is 0 Å². The van der Waals surface area contributed by atoms with Gasteiger partial charge in [0.05, 0.1) is 12.2 Å². The van der Waals surface area contributed by atoms with Crippen molar-refractivity contribution in [3.63, 3.8) is 0 Å². The zero-order valence-corrected chi connectivity index (χ0v) is 11.3. The summed E-state index contributed by atoms with van der Waals surface area (Å²) in [6.07, 6.45) is 0.732. The summed E-state index contributed by atoms with van der Waals surface area (Å²) in [5.41, 5.74) is 5.78. The summed E-state index contributed by atoms with van der Waals surface area (Å²) in [6.45, 7) is 6.89. The predicted molar refractivity (Wildman–Crippen MR) is 72.8 cm³/mol. The number of nitrogens with two attached hydrogens (primary N) is 1. The van der Waals surface area contributed by atoms with Gasteiger partial charge in [-0.1, -0.05) is 12.1 Å². The maximum absolute atomic E-state index is 12.2.